The van der Waals surface area contributed by atoms with Crippen LogP contribution in [0.25, 0.3) is 0 Å². The normalized spacial score (nSPS) is 20.7. The number of nitrogens with one attached hydrogen (secondary N) is 1. The molecular formula is C51H97NO8. The molecule has 1 rings (SSSR count). The quantitative estimate of drug-likeness (QED) is 0.0262. The number of carbonyl (C=O) groups is 1. The third kappa shape index (κ3) is 31.5. The molecule has 354 valence electrons. The van der Waals surface area contributed by atoms with Crippen LogP contribution in [-0.2, 0) is 14.3 Å². The molecule has 1 heterocycles. The van der Waals surface area contributed by atoms with Crippen LogP contribution >= 0.6 is 0 Å². The number of carbonyl (C=O) groups excluding carboxylic acids is 1. The van der Waals surface area contributed by atoms with Gasteiger partial charge in [0.05, 0.1) is 25.4 Å². The molecule has 1 fully saturated rings. The number of aliphatic hydroxyl groups excluding tert-OH is 5. The van der Waals surface area contributed by atoms with E-state index in [0.717, 1.165) is 38.5 Å². The molecule has 0 radical (unpaired) electrons. The summed E-state index contributed by atoms with van der Waals surface area (Å²) < 4.78 is 11.2. The van der Waals surface area contributed by atoms with E-state index >= 15 is 0 Å². The summed E-state index contributed by atoms with van der Waals surface area (Å²) >= 11 is 0. The molecule has 1 saturated heterocycles. The van der Waals surface area contributed by atoms with Crippen molar-refractivity contribution in [3.8, 4) is 0 Å². The van der Waals surface area contributed by atoms with Crippen molar-refractivity contribution >= 4 is 5.91 Å². The molecule has 0 bridgehead atoms. The molecular weight excluding hydrogens is 755 g/mol. The van der Waals surface area contributed by atoms with Gasteiger partial charge in [-0.3, -0.25) is 4.79 Å². The van der Waals surface area contributed by atoms with E-state index < -0.39 is 49.5 Å². The van der Waals surface area contributed by atoms with Crippen molar-refractivity contribution in [2.75, 3.05) is 13.2 Å². The van der Waals surface area contributed by atoms with Crippen LogP contribution in [-0.4, -0.2) is 87.5 Å². The Morgan fingerprint density at radius 2 is 0.950 bits per heavy atom. The van der Waals surface area contributed by atoms with Gasteiger partial charge in [0.1, 0.15) is 24.4 Å². The van der Waals surface area contributed by atoms with Gasteiger partial charge < -0.3 is 40.3 Å². The van der Waals surface area contributed by atoms with Crippen molar-refractivity contribution in [1.29, 1.82) is 0 Å². The molecule has 1 amide bonds. The summed E-state index contributed by atoms with van der Waals surface area (Å²) in [5.41, 5.74) is 0. The molecule has 7 unspecified atom stereocenters. The van der Waals surface area contributed by atoms with Crippen molar-refractivity contribution in [2.45, 2.75) is 281 Å². The Labute approximate surface area is 369 Å². The van der Waals surface area contributed by atoms with Crippen molar-refractivity contribution in [3.05, 3.63) is 24.3 Å². The monoisotopic (exact) mass is 852 g/mol. The summed E-state index contributed by atoms with van der Waals surface area (Å²) in [6.45, 7) is 3.73. The largest absolute Gasteiger partial charge is 0.394 e. The van der Waals surface area contributed by atoms with Crippen LogP contribution in [0, 0.1) is 0 Å². The SMILES string of the molecule is CCCCCCCCCCCCCCCCCCCCCCCCC/C=C/CC/C=C/C(O)C(COC1OC(CO)C(O)C(O)C1O)NC(=O)CCCCCCCCCC. The minimum atomic E-state index is -1.57. The Morgan fingerprint density at radius 1 is 0.550 bits per heavy atom. The van der Waals surface area contributed by atoms with E-state index in [1.807, 2.05) is 6.08 Å². The zero-order valence-corrected chi connectivity index (χ0v) is 39.0. The summed E-state index contributed by atoms with van der Waals surface area (Å²) in [6, 6.07) is -0.815. The molecule has 60 heavy (non-hydrogen) atoms. The van der Waals surface area contributed by atoms with Gasteiger partial charge in [-0.1, -0.05) is 224 Å². The lowest BCUT2D eigenvalue weighted by molar-refractivity contribution is -0.302. The van der Waals surface area contributed by atoms with E-state index in [-0.39, 0.29) is 12.5 Å². The maximum Gasteiger partial charge on any atom is 0.220 e. The van der Waals surface area contributed by atoms with Crippen LogP contribution in [0.5, 0.6) is 0 Å². The average molecular weight is 852 g/mol. The number of hydrogen-bond acceptors (Lipinski definition) is 8. The number of ether oxygens (including phenoxy) is 2. The first kappa shape index (κ1) is 56.7. The topological polar surface area (TPSA) is 149 Å². The van der Waals surface area contributed by atoms with Crippen molar-refractivity contribution in [2.24, 2.45) is 0 Å². The van der Waals surface area contributed by atoms with Gasteiger partial charge in [0, 0.05) is 6.42 Å². The van der Waals surface area contributed by atoms with Gasteiger partial charge in [-0.15, -0.1) is 0 Å². The van der Waals surface area contributed by atoms with Gasteiger partial charge >= 0.3 is 0 Å². The number of hydrogen-bond donors (Lipinski definition) is 6. The Hall–Kier alpha value is -1.33. The fraction of sp³-hybridized carbons (Fsp3) is 0.902. The maximum absolute atomic E-state index is 12.9. The third-order valence-corrected chi connectivity index (χ3v) is 12.3. The fourth-order valence-electron chi connectivity index (χ4n) is 8.17. The summed E-state index contributed by atoms with van der Waals surface area (Å²) in [5, 5.41) is 54.1. The Kier molecular flexibility index (Phi) is 39.4. The Morgan fingerprint density at radius 3 is 1.40 bits per heavy atom. The van der Waals surface area contributed by atoms with Gasteiger partial charge in [-0.05, 0) is 32.1 Å². The number of aliphatic hydroxyl groups is 5. The molecule has 6 N–H and O–H groups in total. The van der Waals surface area contributed by atoms with Gasteiger partial charge in [0.15, 0.2) is 6.29 Å². The molecule has 9 nitrogen and oxygen atoms in total. The van der Waals surface area contributed by atoms with Gasteiger partial charge in [0.25, 0.3) is 0 Å². The molecule has 0 aromatic carbocycles. The molecule has 1 aliphatic rings. The van der Waals surface area contributed by atoms with Crippen LogP contribution in [0.1, 0.15) is 239 Å². The minimum absolute atomic E-state index is 0.190. The van der Waals surface area contributed by atoms with E-state index in [1.165, 1.54) is 180 Å². The average Bonchev–Trinajstić information content (AvgIpc) is 3.25. The summed E-state index contributed by atoms with van der Waals surface area (Å²) in [6.07, 6.45) is 44.2. The Balaban J connectivity index is 2.17. The number of unbranched alkanes of at least 4 members (excludes halogenated alkanes) is 31. The predicted molar refractivity (Wildman–Crippen MR) is 249 cm³/mol. The summed E-state index contributed by atoms with van der Waals surface area (Å²) in [5.74, 6) is -0.190. The molecule has 9 heteroatoms. The lowest BCUT2D eigenvalue weighted by Crippen LogP contribution is -2.60. The van der Waals surface area contributed by atoms with Gasteiger partial charge in [-0.25, -0.2) is 0 Å². The maximum atomic E-state index is 12.9. The van der Waals surface area contributed by atoms with Crippen LogP contribution < -0.4 is 5.32 Å². The first-order chi connectivity index (χ1) is 29.3. The molecule has 1 aliphatic heterocycles. The fourth-order valence-corrected chi connectivity index (χ4v) is 8.17. The highest BCUT2D eigenvalue weighted by atomic mass is 16.7. The second-order valence-electron chi connectivity index (χ2n) is 18.0. The van der Waals surface area contributed by atoms with Gasteiger partial charge in [-0.2, -0.15) is 0 Å². The van der Waals surface area contributed by atoms with E-state index in [1.54, 1.807) is 6.08 Å². The highest BCUT2D eigenvalue weighted by Crippen LogP contribution is 2.23. The second-order valence-corrected chi connectivity index (χ2v) is 18.0. The zero-order valence-electron chi connectivity index (χ0n) is 39.0. The minimum Gasteiger partial charge on any atom is -0.394 e. The Bertz CT molecular complexity index is 992. The highest BCUT2D eigenvalue weighted by Gasteiger charge is 2.44. The lowest BCUT2D eigenvalue weighted by Gasteiger charge is -2.40. The summed E-state index contributed by atoms with van der Waals surface area (Å²) in [7, 11) is 0. The number of rotatable bonds is 43. The van der Waals surface area contributed by atoms with E-state index in [9.17, 15) is 30.3 Å². The number of amides is 1. The number of allylic oxidation sites excluding steroid dienone is 3. The van der Waals surface area contributed by atoms with E-state index in [4.69, 9.17) is 9.47 Å². The van der Waals surface area contributed by atoms with Crippen LogP contribution in [0.3, 0.4) is 0 Å². The van der Waals surface area contributed by atoms with Crippen molar-refractivity contribution < 1.29 is 39.8 Å². The molecule has 0 aromatic rings. The first-order valence-corrected chi connectivity index (χ1v) is 25.6. The first-order valence-electron chi connectivity index (χ1n) is 25.6. The van der Waals surface area contributed by atoms with Crippen LogP contribution in [0.15, 0.2) is 24.3 Å². The third-order valence-electron chi connectivity index (χ3n) is 12.3. The van der Waals surface area contributed by atoms with Crippen molar-refractivity contribution in [1.82, 2.24) is 5.32 Å². The highest BCUT2D eigenvalue weighted by molar-refractivity contribution is 5.76. The van der Waals surface area contributed by atoms with Gasteiger partial charge in [0.2, 0.25) is 5.91 Å². The van der Waals surface area contributed by atoms with E-state index in [2.05, 4.69) is 31.3 Å². The van der Waals surface area contributed by atoms with E-state index in [0.29, 0.717) is 6.42 Å². The molecule has 0 saturated carbocycles. The van der Waals surface area contributed by atoms with Crippen LogP contribution in [0.4, 0.5) is 0 Å². The summed E-state index contributed by atoms with van der Waals surface area (Å²) in [4.78, 5) is 12.9. The predicted octanol–water partition coefficient (Wildman–Crippen LogP) is 11.5. The van der Waals surface area contributed by atoms with Crippen molar-refractivity contribution in [3.63, 3.8) is 0 Å². The molecule has 0 spiro atoms. The standard InChI is InChI=1S/C51H97NO8/c1-3-5-7-9-11-13-14-15-16-17-18-19-20-21-22-23-24-25-26-27-28-29-30-31-32-33-34-36-38-40-45(54)44(52-47(55)41-39-37-35-12-10-8-6-4-2)43-59-51-50(58)49(57)48(56)46(42-53)60-51/h32-33,38,40,44-46,48-51,53-54,56-58H,3-31,34-37,39,41-43H2,1-2H3,(H,52,55)/b33-32+,40-38+. The molecule has 0 aromatic heterocycles. The van der Waals surface area contributed by atoms with Crippen LogP contribution in [0.2, 0.25) is 0 Å². The lowest BCUT2D eigenvalue weighted by atomic mass is 9.99. The zero-order chi connectivity index (χ0) is 43.7. The molecule has 0 aliphatic carbocycles. The second kappa shape index (κ2) is 41.7. The smallest absolute Gasteiger partial charge is 0.220 e. The molecule has 7 atom stereocenters.